The molecule has 0 saturated heterocycles. The van der Waals surface area contributed by atoms with Crippen molar-refractivity contribution in [2.24, 2.45) is 5.73 Å². The molecule has 4 heteroatoms. The molecule has 20 heavy (non-hydrogen) atoms. The number of carbonyl (C=O) groups is 1. The molecule has 0 aliphatic rings. The number of unbranched alkanes of at least 4 members (excludes halogenated alkanes) is 10. The lowest BCUT2D eigenvalue weighted by molar-refractivity contribution is -0.802. The maximum atomic E-state index is 10.5. The van der Waals surface area contributed by atoms with Crippen molar-refractivity contribution in [3.8, 4) is 0 Å². The van der Waals surface area contributed by atoms with Crippen molar-refractivity contribution < 1.29 is 9.86 Å². The number of nitrogens with one attached hydrogen (secondary N) is 1. The molecule has 0 aromatic heterocycles. The van der Waals surface area contributed by atoms with Crippen LogP contribution in [0, 0.1) is 5.21 Å². The smallest absolute Gasteiger partial charge is 0.217 e. The van der Waals surface area contributed by atoms with Gasteiger partial charge in [-0.3, -0.25) is 4.79 Å². The lowest BCUT2D eigenvalue weighted by atomic mass is 10.1. The number of hydrogen-bond donors (Lipinski definition) is 2. The summed E-state index contributed by atoms with van der Waals surface area (Å²) in [7, 11) is 3.06. The van der Waals surface area contributed by atoms with Gasteiger partial charge in [-0.05, 0) is 6.42 Å². The first-order valence-corrected chi connectivity index (χ1v) is 8.26. The van der Waals surface area contributed by atoms with Gasteiger partial charge in [0.15, 0.2) is 0 Å². The van der Waals surface area contributed by atoms with Crippen LogP contribution in [0.15, 0.2) is 0 Å². The van der Waals surface area contributed by atoms with Crippen molar-refractivity contribution >= 4 is 5.91 Å². The molecule has 0 fully saturated rings. The second kappa shape index (κ2) is 18.4. The lowest BCUT2D eigenvalue weighted by Gasteiger charge is -2.04. The van der Waals surface area contributed by atoms with Crippen molar-refractivity contribution in [2.75, 3.05) is 14.1 Å². The van der Waals surface area contributed by atoms with E-state index in [1.807, 2.05) is 0 Å². The molecule has 0 rings (SSSR count). The van der Waals surface area contributed by atoms with Gasteiger partial charge in [0.25, 0.3) is 0 Å². The van der Waals surface area contributed by atoms with Crippen LogP contribution in [0.2, 0.25) is 0 Å². The van der Waals surface area contributed by atoms with Gasteiger partial charge >= 0.3 is 0 Å². The third-order valence-electron chi connectivity index (χ3n) is 3.03. The Morgan fingerprint density at radius 1 is 0.850 bits per heavy atom. The van der Waals surface area contributed by atoms with Gasteiger partial charge in [-0.15, -0.1) is 0 Å². The summed E-state index contributed by atoms with van der Waals surface area (Å²) >= 11 is 0. The third kappa shape index (κ3) is 30.4. The average Bonchev–Trinajstić information content (AvgIpc) is 2.35. The zero-order valence-electron chi connectivity index (χ0n) is 13.9. The monoisotopic (exact) mass is 288 g/mol. The quantitative estimate of drug-likeness (QED) is 0.428. The van der Waals surface area contributed by atoms with Crippen LogP contribution in [-0.4, -0.2) is 20.0 Å². The van der Waals surface area contributed by atoms with E-state index in [0.29, 0.717) is 6.42 Å². The molecule has 0 atom stereocenters. The standard InChI is InChI=1S/C14H29NO.C2H7NO/c1-2-3-4-5-6-7-8-9-10-11-12-13-14(15)16;1-3(2)4/h2-13H2,1H3,(H2,15,16);3H,1-2H3. The van der Waals surface area contributed by atoms with Crippen molar-refractivity contribution in [3.05, 3.63) is 5.21 Å². The lowest BCUT2D eigenvalue weighted by Crippen LogP contribution is -3.00. The van der Waals surface area contributed by atoms with Gasteiger partial charge in [-0.2, -0.15) is 0 Å². The topological polar surface area (TPSA) is 70.6 Å². The van der Waals surface area contributed by atoms with Gasteiger partial charge in [0.1, 0.15) is 0 Å². The van der Waals surface area contributed by atoms with E-state index in [1.54, 1.807) is 0 Å². The van der Waals surface area contributed by atoms with Crippen LogP contribution in [-0.2, 0) is 4.79 Å². The Bertz CT molecular complexity index is 194. The summed E-state index contributed by atoms with van der Waals surface area (Å²) in [5.41, 5.74) is 5.07. The Morgan fingerprint density at radius 2 is 1.15 bits per heavy atom. The molecular weight excluding hydrogens is 252 g/mol. The number of hydroxylamine groups is 2. The molecule has 0 aromatic carbocycles. The minimum absolute atomic E-state index is 0.157. The highest BCUT2D eigenvalue weighted by molar-refractivity contribution is 5.73. The van der Waals surface area contributed by atoms with Crippen LogP contribution in [0.4, 0.5) is 0 Å². The molecule has 0 aliphatic carbocycles. The molecular formula is C16H36N2O2. The first-order chi connectivity index (χ1) is 9.50. The zero-order chi connectivity index (χ0) is 15.6. The number of quaternary nitrogens is 1. The van der Waals surface area contributed by atoms with Gasteiger partial charge in [0, 0.05) is 6.42 Å². The molecule has 4 nitrogen and oxygen atoms in total. The van der Waals surface area contributed by atoms with E-state index < -0.39 is 0 Å². The van der Waals surface area contributed by atoms with Crippen LogP contribution in [0.5, 0.6) is 0 Å². The summed E-state index contributed by atoms with van der Waals surface area (Å²) in [6, 6.07) is 0. The molecule has 0 spiro atoms. The van der Waals surface area contributed by atoms with E-state index in [4.69, 9.17) is 5.73 Å². The fourth-order valence-electron chi connectivity index (χ4n) is 1.96. The van der Waals surface area contributed by atoms with Gasteiger partial charge in [-0.1, -0.05) is 71.1 Å². The average molecular weight is 288 g/mol. The Hall–Kier alpha value is -0.610. The second-order valence-electron chi connectivity index (χ2n) is 5.66. The summed E-state index contributed by atoms with van der Waals surface area (Å²) in [5, 5.41) is 9.61. The van der Waals surface area contributed by atoms with E-state index in [9.17, 15) is 10.0 Å². The fourth-order valence-corrected chi connectivity index (χ4v) is 1.96. The molecule has 0 bridgehead atoms. The number of amides is 1. The number of rotatable bonds is 12. The summed E-state index contributed by atoms with van der Waals surface area (Å²) < 4.78 is 0. The third-order valence-corrected chi connectivity index (χ3v) is 3.03. The van der Waals surface area contributed by atoms with Crippen LogP contribution in [0.3, 0.4) is 0 Å². The molecule has 0 aromatic rings. The highest BCUT2D eigenvalue weighted by Crippen LogP contribution is 2.11. The minimum atomic E-state index is -0.157. The highest BCUT2D eigenvalue weighted by atomic mass is 16.5. The first kappa shape index (κ1) is 21.7. The van der Waals surface area contributed by atoms with Crippen molar-refractivity contribution in [1.82, 2.24) is 0 Å². The largest absolute Gasteiger partial charge is 0.635 e. The predicted octanol–water partition coefficient (Wildman–Crippen LogP) is 2.80. The molecule has 1 amide bonds. The van der Waals surface area contributed by atoms with Crippen LogP contribution in [0.1, 0.15) is 84.0 Å². The van der Waals surface area contributed by atoms with Crippen molar-refractivity contribution in [1.29, 1.82) is 0 Å². The Kier molecular flexibility index (Phi) is 19.9. The van der Waals surface area contributed by atoms with Crippen LogP contribution in [0.25, 0.3) is 0 Å². The number of nitrogens with two attached hydrogens (primary N) is 1. The number of primary amides is 1. The summed E-state index contributed by atoms with van der Waals surface area (Å²) in [6.07, 6.45) is 15.0. The van der Waals surface area contributed by atoms with Gasteiger partial charge in [0.2, 0.25) is 5.91 Å². The first-order valence-electron chi connectivity index (χ1n) is 8.26. The predicted molar refractivity (Wildman–Crippen MR) is 86.5 cm³/mol. The van der Waals surface area contributed by atoms with E-state index in [-0.39, 0.29) is 11.0 Å². The minimum Gasteiger partial charge on any atom is -0.635 e. The van der Waals surface area contributed by atoms with Crippen LogP contribution < -0.4 is 10.8 Å². The zero-order valence-corrected chi connectivity index (χ0v) is 13.9. The summed E-state index contributed by atoms with van der Waals surface area (Å²) in [4.78, 5) is 10.5. The molecule has 3 N–H and O–H groups in total. The maximum Gasteiger partial charge on any atom is 0.217 e. The van der Waals surface area contributed by atoms with Gasteiger partial charge in [0.05, 0.1) is 14.1 Å². The van der Waals surface area contributed by atoms with Crippen LogP contribution >= 0.6 is 0 Å². The second-order valence-corrected chi connectivity index (χ2v) is 5.66. The van der Waals surface area contributed by atoms with E-state index in [2.05, 4.69) is 6.92 Å². The van der Waals surface area contributed by atoms with E-state index in [1.165, 1.54) is 78.3 Å². The van der Waals surface area contributed by atoms with E-state index >= 15 is 0 Å². The Balaban J connectivity index is 0. The van der Waals surface area contributed by atoms with Gasteiger partial charge < -0.3 is 16.0 Å². The molecule has 0 heterocycles. The maximum absolute atomic E-state index is 10.5. The molecule has 0 aliphatic heterocycles. The van der Waals surface area contributed by atoms with Crippen molar-refractivity contribution in [2.45, 2.75) is 84.0 Å². The molecule has 0 radical (unpaired) electrons. The Morgan fingerprint density at radius 3 is 1.45 bits per heavy atom. The van der Waals surface area contributed by atoms with E-state index in [0.717, 1.165) is 6.42 Å². The van der Waals surface area contributed by atoms with Gasteiger partial charge in [-0.25, -0.2) is 0 Å². The molecule has 0 saturated carbocycles. The van der Waals surface area contributed by atoms with Crippen molar-refractivity contribution in [3.63, 3.8) is 0 Å². The SMILES string of the molecule is CCCCCCCCCCCCCC(N)=O.C[NH+](C)[O-]. The number of hydrogen-bond acceptors (Lipinski definition) is 2. The normalized spacial score (nSPS) is 10.2. The molecule has 122 valence electrons. The fraction of sp³-hybridized carbons (Fsp3) is 0.938. The molecule has 0 unspecified atom stereocenters. The Labute approximate surface area is 125 Å². The summed E-state index contributed by atoms with van der Waals surface area (Å²) in [6.45, 7) is 2.26. The highest BCUT2D eigenvalue weighted by Gasteiger charge is 1.95. The number of carbonyl (C=O) groups excluding carboxylic acids is 1. The summed E-state index contributed by atoms with van der Waals surface area (Å²) in [5.74, 6) is -0.157.